The number of fused-ring (bicyclic) bond motifs is 3. The third kappa shape index (κ3) is 3.82. The van der Waals surface area contributed by atoms with E-state index in [0.29, 0.717) is 16.8 Å². The van der Waals surface area contributed by atoms with E-state index in [1.807, 2.05) is 0 Å². The van der Waals surface area contributed by atoms with E-state index in [0.717, 1.165) is 9.08 Å². The van der Waals surface area contributed by atoms with E-state index >= 15 is 0 Å². The minimum absolute atomic E-state index is 0.0279. The lowest BCUT2D eigenvalue weighted by Gasteiger charge is -2.08. The van der Waals surface area contributed by atoms with Gasteiger partial charge in [0, 0.05) is 0 Å². The largest absolute Gasteiger partial charge is 0.465 e. The fraction of sp³-hybridized carbons (Fsp3) is 0.190. The number of hydrogen-bond acceptors (Lipinski definition) is 7. The van der Waals surface area contributed by atoms with E-state index < -0.39 is 29.6 Å². The van der Waals surface area contributed by atoms with Crippen LogP contribution in [0.4, 0.5) is 0 Å². The summed E-state index contributed by atoms with van der Waals surface area (Å²) in [5, 5.41) is 4.18. The fourth-order valence-electron chi connectivity index (χ4n) is 3.25. The lowest BCUT2D eigenvalue weighted by atomic mass is 10.3. The number of esters is 2. The summed E-state index contributed by atoms with van der Waals surface area (Å²) in [6.45, 7) is 0.965. The third-order valence-corrected chi connectivity index (χ3v) is 4.53. The molecule has 0 aliphatic rings. The Morgan fingerprint density at radius 1 is 0.871 bits per heavy atom. The van der Waals surface area contributed by atoms with Crippen molar-refractivity contribution in [1.29, 1.82) is 0 Å². The number of imidazole rings is 1. The number of aromatic nitrogens is 4. The first kappa shape index (κ1) is 20.1. The highest BCUT2D eigenvalue weighted by Gasteiger charge is 2.20. The predicted octanol–water partition coefficient (Wildman–Crippen LogP) is 0.980. The summed E-state index contributed by atoms with van der Waals surface area (Å²) in [6.07, 6.45) is 0. The summed E-state index contributed by atoms with van der Waals surface area (Å²) in [5.74, 6) is -0.892. The molecule has 0 bridgehead atoms. The molecule has 4 aromatic rings. The second-order valence-corrected chi connectivity index (χ2v) is 6.57. The summed E-state index contributed by atoms with van der Waals surface area (Å²) in [5.41, 5.74) is -0.950. The molecule has 0 fully saturated rings. The molecule has 2 heterocycles. The summed E-state index contributed by atoms with van der Waals surface area (Å²) >= 11 is 0. The molecular weight excluding hydrogens is 404 g/mol. The zero-order valence-corrected chi connectivity index (χ0v) is 16.6. The normalized spacial score (nSPS) is 11.0. The summed E-state index contributed by atoms with van der Waals surface area (Å²) in [7, 11) is 0. The van der Waals surface area contributed by atoms with Gasteiger partial charge in [0.05, 0.1) is 17.6 Å². The van der Waals surface area contributed by atoms with Crippen molar-refractivity contribution in [1.82, 2.24) is 18.7 Å². The van der Waals surface area contributed by atoms with Crippen molar-refractivity contribution in [2.45, 2.75) is 20.0 Å². The van der Waals surface area contributed by atoms with Gasteiger partial charge in [-0.3, -0.25) is 19.0 Å². The Labute approximate surface area is 174 Å². The quantitative estimate of drug-likeness (QED) is 0.258. The molecule has 10 nitrogen and oxygen atoms in total. The van der Waals surface area contributed by atoms with Crippen molar-refractivity contribution in [3.8, 4) is 5.75 Å². The second kappa shape index (κ2) is 8.27. The SMILES string of the molecule is CCOC(=O)Cn1nc2n(CC(=O)Oc3ccccc3)c3ccccc3n2c(=O)c1=O. The number of ether oxygens (including phenoxy) is 2. The molecule has 158 valence electrons. The number of benzene rings is 2. The Morgan fingerprint density at radius 2 is 1.55 bits per heavy atom. The van der Waals surface area contributed by atoms with Gasteiger partial charge in [-0.25, -0.2) is 13.9 Å². The molecule has 2 aromatic carbocycles. The molecule has 0 amide bonds. The number of carbonyl (C=O) groups excluding carboxylic acids is 2. The van der Waals surface area contributed by atoms with Gasteiger partial charge in [-0.1, -0.05) is 30.3 Å². The molecule has 0 atom stereocenters. The third-order valence-electron chi connectivity index (χ3n) is 4.53. The van der Waals surface area contributed by atoms with E-state index in [1.54, 1.807) is 61.5 Å². The van der Waals surface area contributed by atoms with Crippen LogP contribution >= 0.6 is 0 Å². The van der Waals surface area contributed by atoms with Gasteiger partial charge < -0.3 is 9.47 Å². The maximum atomic E-state index is 12.8. The molecule has 0 aliphatic carbocycles. The monoisotopic (exact) mass is 422 g/mol. The topological polar surface area (TPSA) is 114 Å². The van der Waals surface area contributed by atoms with E-state index in [4.69, 9.17) is 9.47 Å². The van der Waals surface area contributed by atoms with Crippen molar-refractivity contribution in [3.05, 3.63) is 75.3 Å². The standard InChI is InChI=1S/C21H18N4O6/c1-2-30-17(26)13-24-19(28)20(29)25-16-11-7-6-10-15(16)23(21(25)22-24)12-18(27)31-14-8-4-3-5-9-14/h3-11H,2,12-13H2,1H3. The maximum Gasteiger partial charge on any atom is 0.333 e. The minimum atomic E-state index is -0.972. The molecule has 0 unspecified atom stereocenters. The van der Waals surface area contributed by atoms with Crippen molar-refractivity contribution in [3.63, 3.8) is 0 Å². The van der Waals surface area contributed by atoms with Crippen LogP contribution in [0.5, 0.6) is 5.75 Å². The highest BCUT2D eigenvalue weighted by molar-refractivity contribution is 5.83. The first-order chi connectivity index (χ1) is 15.0. The molecule has 31 heavy (non-hydrogen) atoms. The molecule has 0 spiro atoms. The van der Waals surface area contributed by atoms with Gasteiger partial charge in [-0.15, -0.1) is 5.10 Å². The summed E-state index contributed by atoms with van der Waals surface area (Å²) < 4.78 is 13.5. The average Bonchev–Trinajstić information content (AvgIpc) is 3.06. The Bertz CT molecular complexity index is 1400. The van der Waals surface area contributed by atoms with Crippen LogP contribution in [0, 0.1) is 0 Å². The van der Waals surface area contributed by atoms with Crippen LogP contribution < -0.4 is 15.9 Å². The van der Waals surface area contributed by atoms with Crippen LogP contribution in [-0.2, 0) is 27.4 Å². The number of nitrogens with zero attached hydrogens (tertiary/aromatic N) is 4. The summed E-state index contributed by atoms with van der Waals surface area (Å²) in [6, 6.07) is 15.3. The Kier molecular flexibility index (Phi) is 5.35. The van der Waals surface area contributed by atoms with Gasteiger partial charge in [0.1, 0.15) is 18.8 Å². The van der Waals surface area contributed by atoms with Gasteiger partial charge in [-0.05, 0) is 31.2 Å². The van der Waals surface area contributed by atoms with E-state index in [9.17, 15) is 19.2 Å². The van der Waals surface area contributed by atoms with E-state index in [2.05, 4.69) is 5.10 Å². The average molecular weight is 422 g/mol. The Balaban J connectivity index is 1.83. The number of hydrogen-bond donors (Lipinski definition) is 0. The highest BCUT2D eigenvalue weighted by atomic mass is 16.5. The molecule has 2 aromatic heterocycles. The lowest BCUT2D eigenvalue weighted by molar-refractivity contribution is -0.144. The van der Waals surface area contributed by atoms with Crippen molar-refractivity contribution >= 4 is 28.7 Å². The molecule has 0 saturated heterocycles. The molecule has 4 rings (SSSR count). The van der Waals surface area contributed by atoms with E-state index in [-0.39, 0.29) is 18.9 Å². The van der Waals surface area contributed by atoms with Crippen LogP contribution in [0.3, 0.4) is 0 Å². The molecule has 10 heteroatoms. The number of para-hydroxylation sites is 3. The lowest BCUT2D eigenvalue weighted by Crippen LogP contribution is -2.42. The maximum absolute atomic E-state index is 12.8. The van der Waals surface area contributed by atoms with Crippen LogP contribution in [0.2, 0.25) is 0 Å². The van der Waals surface area contributed by atoms with Gasteiger partial charge in [0.2, 0.25) is 5.78 Å². The zero-order valence-electron chi connectivity index (χ0n) is 16.6. The highest BCUT2D eigenvalue weighted by Crippen LogP contribution is 2.18. The summed E-state index contributed by atoms with van der Waals surface area (Å²) in [4.78, 5) is 49.7. The zero-order chi connectivity index (χ0) is 22.0. The second-order valence-electron chi connectivity index (χ2n) is 6.57. The van der Waals surface area contributed by atoms with Crippen molar-refractivity contribution < 1.29 is 19.1 Å². The van der Waals surface area contributed by atoms with Gasteiger partial charge in [0.15, 0.2) is 0 Å². The van der Waals surface area contributed by atoms with Crippen LogP contribution in [0.25, 0.3) is 16.8 Å². The smallest absolute Gasteiger partial charge is 0.333 e. The molecule has 0 N–H and O–H groups in total. The molecule has 0 saturated carbocycles. The minimum Gasteiger partial charge on any atom is -0.465 e. The van der Waals surface area contributed by atoms with Gasteiger partial charge >= 0.3 is 23.1 Å². The van der Waals surface area contributed by atoms with Gasteiger partial charge in [0.25, 0.3) is 0 Å². The molecule has 0 aliphatic heterocycles. The first-order valence-corrected chi connectivity index (χ1v) is 9.52. The molecule has 0 radical (unpaired) electrons. The van der Waals surface area contributed by atoms with E-state index in [1.165, 1.54) is 4.57 Å². The number of carbonyl (C=O) groups is 2. The Morgan fingerprint density at radius 3 is 2.26 bits per heavy atom. The van der Waals surface area contributed by atoms with Gasteiger partial charge in [-0.2, -0.15) is 0 Å². The van der Waals surface area contributed by atoms with Crippen LogP contribution in [0.1, 0.15) is 6.92 Å². The first-order valence-electron chi connectivity index (χ1n) is 9.52. The Hall–Kier alpha value is -4.21. The molecular formula is C21H18N4O6. The van der Waals surface area contributed by atoms with Crippen molar-refractivity contribution in [2.75, 3.05) is 6.61 Å². The fourth-order valence-corrected chi connectivity index (χ4v) is 3.25. The number of rotatable bonds is 6. The predicted molar refractivity (Wildman–Crippen MR) is 110 cm³/mol. The van der Waals surface area contributed by atoms with Crippen LogP contribution in [0.15, 0.2) is 64.2 Å². The van der Waals surface area contributed by atoms with Crippen LogP contribution in [-0.4, -0.2) is 37.3 Å². The van der Waals surface area contributed by atoms with Crippen molar-refractivity contribution in [2.24, 2.45) is 0 Å².